The van der Waals surface area contributed by atoms with Gasteiger partial charge >= 0.3 is 5.97 Å². The SMILES string of the molecule is COC(=O)CCCCCN1C(=O)/C(=C\c2cc(OC)ccc2OC)SC1=S. The zero-order valence-corrected chi connectivity index (χ0v) is 17.3. The first-order valence-electron chi connectivity index (χ1n) is 8.54. The molecule has 1 fully saturated rings. The summed E-state index contributed by atoms with van der Waals surface area (Å²) in [6, 6.07) is 5.42. The molecule has 1 aromatic rings. The number of hydrogen-bond acceptors (Lipinski definition) is 7. The third-order valence-electron chi connectivity index (χ3n) is 4.09. The zero-order valence-electron chi connectivity index (χ0n) is 15.6. The second-order valence-electron chi connectivity index (χ2n) is 5.83. The number of nitrogens with zero attached hydrogens (tertiary/aromatic N) is 1. The molecule has 27 heavy (non-hydrogen) atoms. The van der Waals surface area contributed by atoms with Gasteiger partial charge in [0.05, 0.1) is 26.2 Å². The van der Waals surface area contributed by atoms with Crippen LogP contribution in [0.3, 0.4) is 0 Å². The Morgan fingerprint density at radius 3 is 2.63 bits per heavy atom. The standard InChI is InChI=1S/C19H23NO5S2/c1-23-14-8-9-15(24-2)13(11-14)12-16-18(22)20(19(26)27-16)10-6-4-5-7-17(21)25-3/h8-9,11-12H,4-7,10H2,1-3H3/b16-12+. The highest BCUT2D eigenvalue weighted by atomic mass is 32.2. The molecule has 0 atom stereocenters. The predicted molar refractivity (Wildman–Crippen MR) is 110 cm³/mol. The molecule has 1 heterocycles. The summed E-state index contributed by atoms with van der Waals surface area (Å²) < 4.78 is 15.8. The van der Waals surface area contributed by atoms with Gasteiger partial charge in [0.25, 0.3) is 5.91 Å². The minimum Gasteiger partial charge on any atom is -0.497 e. The van der Waals surface area contributed by atoms with Gasteiger partial charge in [0, 0.05) is 18.5 Å². The van der Waals surface area contributed by atoms with Crippen molar-refractivity contribution in [3.63, 3.8) is 0 Å². The maximum atomic E-state index is 12.7. The molecule has 0 spiro atoms. The van der Waals surface area contributed by atoms with Crippen LogP contribution in [0.15, 0.2) is 23.1 Å². The second-order valence-corrected chi connectivity index (χ2v) is 7.50. The van der Waals surface area contributed by atoms with Crippen molar-refractivity contribution in [1.29, 1.82) is 0 Å². The Morgan fingerprint density at radius 2 is 1.96 bits per heavy atom. The monoisotopic (exact) mass is 409 g/mol. The van der Waals surface area contributed by atoms with Gasteiger partial charge in [-0.1, -0.05) is 30.4 Å². The van der Waals surface area contributed by atoms with Crippen molar-refractivity contribution in [3.05, 3.63) is 28.7 Å². The molecule has 0 N–H and O–H groups in total. The fourth-order valence-electron chi connectivity index (χ4n) is 2.60. The molecule has 0 aromatic heterocycles. The van der Waals surface area contributed by atoms with Crippen LogP contribution in [-0.4, -0.2) is 49.0 Å². The van der Waals surface area contributed by atoms with Crippen molar-refractivity contribution in [2.75, 3.05) is 27.9 Å². The van der Waals surface area contributed by atoms with Crippen LogP contribution in [0.4, 0.5) is 0 Å². The fraction of sp³-hybridized carbons (Fsp3) is 0.421. The van der Waals surface area contributed by atoms with Gasteiger partial charge in [-0.25, -0.2) is 0 Å². The first kappa shape index (κ1) is 21.2. The van der Waals surface area contributed by atoms with E-state index in [1.165, 1.54) is 18.9 Å². The maximum absolute atomic E-state index is 12.7. The summed E-state index contributed by atoms with van der Waals surface area (Å²) in [4.78, 5) is 26.0. The Labute approximate surface area is 168 Å². The number of esters is 1. The first-order chi connectivity index (χ1) is 13.0. The number of rotatable bonds is 9. The summed E-state index contributed by atoms with van der Waals surface area (Å²) in [7, 11) is 4.55. The summed E-state index contributed by atoms with van der Waals surface area (Å²) in [5.74, 6) is 1.02. The van der Waals surface area contributed by atoms with Gasteiger partial charge in [-0.05, 0) is 37.1 Å². The Balaban J connectivity index is 2.01. The van der Waals surface area contributed by atoms with Gasteiger partial charge in [0.15, 0.2) is 0 Å². The molecular weight excluding hydrogens is 386 g/mol. The van der Waals surface area contributed by atoms with Crippen LogP contribution in [0, 0.1) is 0 Å². The van der Waals surface area contributed by atoms with Crippen LogP contribution in [0.2, 0.25) is 0 Å². The van der Waals surface area contributed by atoms with E-state index in [4.69, 9.17) is 21.7 Å². The van der Waals surface area contributed by atoms with E-state index in [1.54, 1.807) is 37.3 Å². The van der Waals surface area contributed by atoms with Crippen molar-refractivity contribution >= 4 is 46.3 Å². The lowest BCUT2D eigenvalue weighted by Crippen LogP contribution is -2.29. The van der Waals surface area contributed by atoms with Crippen LogP contribution < -0.4 is 9.47 Å². The van der Waals surface area contributed by atoms with Gasteiger partial charge in [0.1, 0.15) is 15.8 Å². The molecule has 0 bridgehead atoms. The van der Waals surface area contributed by atoms with E-state index in [0.29, 0.717) is 33.7 Å². The van der Waals surface area contributed by atoms with Crippen LogP contribution in [-0.2, 0) is 14.3 Å². The number of carbonyl (C=O) groups is 2. The van der Waals surface area contributed by atoms with Gasteiger partial charge < -0.3 is 14.2 Å². The highest BCUT2D eigenvalue weighted by molar-refractivity contribution is 8.26. The zero-order chi connectivity index (χ0) is 19.8. The average molecular weight is 410 g/mol. The average Bonchev–Trinajstić information content (AvgIpc) is 2.94. The maximum Gasteiger partial charge on any atom is 0.305 e. The Kier molecular flexibility index (Phi) is 8.12. The van der Waals surface area contributed by atoms with Crippen molar-refractivity contribution in [3.8, 4) is 11.5 Å². The Hall–Kier alpha value is -2.06. The van der Waals surface area contributed by atoms with Crippen molar-refractivity contribution in [1.82, 2.24) is 4.90 Å². The molecule has 0 unspecified atom stereocenters. The molecular formula is C19H23NO5S2. The van der Waals surface area contributed by atoms with Gasteiger partial charge in [-0.15, -0.1) is 0 Å². The highest BCUT2D eigenvalue weighted by Gasteiger charge is 2.31. The third-order valence-corrected chi connectivity index (χ3v) is 5.47. The smallest absolute Gasteiger partial charge is 0.305 e. The minimum absolute atomic E-state index is 0.108. The number of benzene rings is 1. The van der Waals surface area contributed by atoms with Crippen LogP contribution in [0.5, 0.6) is 11.5 Å². The number of unbranched alkanes of at least 4 members (excludes halogenated alkanes) is 2. The molecule has 1 aromatic carbocycles. The Morgan fingerprint density at radius 1 is 1.19 bits per heavy atom. The van der Waals surface area contributed by atoms with E-state index in [2.05, 4.69) is 4.74 Å². The molecule has 0 radical (unpaired) electrons. The number of amides is 1. The molecule has 2 rings (SSSR count). The first-order valence-corrected chi connectivity index (χ1v) is 9.76. The fourth-order valence-corrected chi connectivity index (χ4v) is 3.90. The van der Waals surface area contributed by atoms with Gasteiger partial charge in [0.2, 0.25) is 0 Å². The minimum atomic E-state index is -0.212. The number of thiocarbonyl (C=S) groups is 1. The van der Waals surface area contributed by atoms with Crippen LogP contribution in [0.25, 0.3) is 6.08 Å². The summed E-state index contributed by atoms with van der Waals surface area (Å²) >= 11 is 6.64. The Bertz CT molecular complexity index is 748. The molecule has 0 saturated carbocycles. The molecule has 6 nitrogen and oxygen atoms in total. The number of hydrogen-bond donors (Lipinski definition) is 0. The molecule has 1 saturated heterocycles. The molecule has 146 valence electrons. The van der Waals surface area contributed by atoms with E-state index in [0.717, 1.165) is 24.8 Å². The quantitative estimate of drug-likeness (QED) is 0.267. The molecule has 0 aliphatic carbocycles. The number of methoxy groups -OCH3 is 3. The number of ether oxygens (including phenoxy) is 3. The molecule has 1 amide bonds. The van der Waals surface area contributed by atoms with Crippen molar-refractivity contribution in [2.24, 2.45) is 0 Å². The largest absolute Gasteiger partial charge is 0.497 e. The van der Waals surface area contributed by atoms with Gasteiger partial charge in [-0.2, -0.15) is 0 Å². The summed E-state index contributed by atoms with van der Waals surface area (Å²) in [6.45, 7) is 0.540. The summed E-state index contributed by atoms with van der Waals surface area (Å²) in [6.07, 6.45) is 4.51. The van der Waals surface area contributed by atoms with E-state index >= 15 is 0 Å². The summed E-state index contributed by atoms with van der Waals surface area (Å²) in [5.41, 5.74) is 0.760. The topological polar surface area (TPSA) is 65.1 Å². The summed E-state index contributed by atoms with van der Waals surface area (Å²) in [5, 5.41) is 0. The van der Waals surface area contributed by atoms with E-state index in [-0.39, 0.29) is 11.9 Å². The normalized spacial score (nSPS) is 15.4. The van der Waals surface area contributed by atoms with Crippen molar-refractivity contribution in [2.45, 2.75) is 25.7 Å². The van der Waals surface area contributed by atoms with Crippen LogP contribution >= 0.6 is 24.0 Å². The predicted octanol–water partition coefficient (Wildman–Crippen LogP) is 3.64. The van der Waals surface area contributed by atoms with Crippen molar-refractivity contribution < 1.29 is 23.8 Å². The molecule has 8 heteroatoms. The lowest BCUT2D eigenvalue weighted by molar-refractivity contribution is -0.140. The second kappa shape index (κ2) is 10.3. The molecule has 1 aliphatic rings. The molecule has 1 aliphatic heterocycles. The lowest BCUT2D eigenvalue weighted by Gasteiger charge is -2.14. The number of thioether (sulfide) groups is 1. The van der Waals surface area contributed by atoms with E-state index < -0.39 is 0 Å². The lowest BCUT2D eigenvalue weighted by atomic mass is 10.1. The van der Waals surface area contributed by atoms with E-state index in [9.17, 15) is 9.59 Å². The number of carbonyl (C=O) groups excluding carboxylic acids is 2. The third kappa shape index (κ3) is 5.71. The van der Waals surface area contributed by atoms with Crippen LogP contribution in [0.1, 0.15) is 31.2 Å². The highest BCUT2D eigenvalue weighted by Crippen LogP contribution is 2.35. The van der Waals surface area contributed by atoms with Gasteiger partial charge in [-0.3, -0.25) is 14.5 Å². The van der Waals surface area contributed by atoms with E-state index in [1.807, 2.05) is 6.07 Å².